The van der Waals surface area contributed by atoms with Crippen molar-refractivity contribution in [1.82, 2.24) is 10.6 Å². The molecule has 36 heavy (non-hydrogen) atoms. The van der Waals surface area contributed by atoms with Gasteiger partial charge in [-0.2, -0.15) is 5.26 Å². The highest BCUT2D eigenvalue weighted by Crippen LogP contribution is 2.12. The fraction of sp³-hybridized carbons (Fsp3) is 0.214. The summed E-state index contributed by atoms with van der Waals surface area (Å²) in [5, 5.41) is 14.7. The van der Waals surface area contributed by atoms with Gasteiger partial charge in [-0.15, -0.1) is 0 Å². The average molecular weight is 486 g/mol. The van der Waals surface area contributed by atoms with Gasteiger partial charge in [-0.25, -0.2) is 9.59 Å². The standard InChI is InChI=1S/C28H27N3O5/c1-35-27(33)25(17-22-14-8-9-15-23(22)18-29)30-26(32)24(16-20-10-4-2-5-11-20)31-28(34)36-19-21-12-6-3-7-13-21/h2-15,24-25H,16-17,19H2,1H3,(H,30,32)(H,31,34)/t24-,25+/m0/s1. The molecule has 0 aliphatic heterocycles. The SMILES string of the molecule is COC(=O)[C@@H](Cc1ccccc1C#N)NC(=O)[C@H](Cc1ccccc1)NC(=O)OCc1ccccc1. The van der Waals surface area contributed by atoms with Crippen LogP contribution in [-0.2, 0) is 38.5 Å². The van der Waals surface area contributed by atoms with Crippen LogP contribution in [0, 0.1) is 11.3 Å². The minimum absolute atomic E-state index is 0.0437. The predicted octanol–water partition coefficient (Wildman–Crippen LogP) is 3.30. The first-order chi connectivity index (χ1) is 17.5. The number of amides is 2. The molecule has 184 valence electrons. The second-order valence-corrected chi connectivity index (χ2v) is 8.01. The quantitative estimate of drug-likeness (QED) is 0.426. The number of nitriles is 1. The summed E-state index contributed by atoms with van der Waals surface area (Å²) < 4.78 is 10.2. The number of carbonyl (C=O) groups is 3. The number of ether oxygens (including phenoxy) is 2. The Morgan fingerprint density at radius 3 is 2.06 bits per heavy atom. The van der Waals surface area contributed by atoms with Crippen LogP contribution in [0.15, 0.2) is 84.9 Å². The van der Waals surface area contributed by atoms with E-state index < -0.39 is 30.1 Å². The number of nitrogens with zero attached hydrogens (tertiary/aromatic N) is 1. The van der Waals surface area contributed by atoms with Gasteiger partial charge in [0.15, 0.2) is 0 Å². The molecule has 0 aliphatic carbocycles. The van der Waals surface area contributed by atoms with Gasteiger partial charge in [-0.05, 0) is 22.8 Å². The maximum absolute atomic E-state index is 13.3. The van der Waals surface area contributed by atoms with Crippen LogP contribution >= 0.6 is 0 Å². The highest BCUT2D eigenvalue weighted by Gasteiger charge is 2.28. The van der Waals surface area contributed by atoms with Gasteiger partial charge in [-0.3, -0.25) is 4.79 Å². The van der Waals surface area contributed by atoms with E-state index >= 15 is 0 Å². The summed E-state index contributed by atoms with van der Waals surface area (Å²) >= 11 is 0. The molecule has 2 N–H and O–H groups in total. The minimum Gasteiger partial charge on any atom is -0.467 e. The van der Waals surface area contributed by atoms with Crippen molar-refractivity contribution in [1.29, 1.82) is 5.26 Å². The maximum Gasteiger partial charge on any atom is 0.408 e. The van der Waals surface area contributed by atoms with Gasteiger partial charge in [0.1, 0.15) is 18.7 Å². The zero-order chi connectivity index (χ0) is 25.8. The van der Waals surface area contributed by atoms with Crippen molar-refractivity contribution in [2.75, 3.05) is 7.11 Å². The van der Waals surface area contributed by atoms with Crippen LogP contribution in [0.5, 0.6) is 0 Å². The molecule has 8 heteroatoms. The fourth-order valence-corrected chi connectivity index (χ4v) is 3.60. The van der Waals surface area contributed by atoms with E-state index in [0.29, 0.717) is 11.1 Å². The molecule has 3 rings (SSSR count). The molecule has 3 aromatic carbocycles. The molecule has 0 unspecified atom stereocenters. The predicted molar refractivity (Wildman–Crippen MR) is 133 cm³/mol. The second-order valence-electron chi connectivity index (χ2n) is 8.01. The third-order valence-corrected chi connectivity index (χ3v) is 5.47. The van der Waals surface area contributed by atoms with Crippen LogP contribution in [0.3, 0.4) is 0 Å². The van der Waals surface area contributed by atoms with Crippen LogP contribution in [0.1, 0.15) is 22.3 Å². The molecule has 0 bridgehead atoms. The Labute approximate surface area is 209 Å². The average Bonchev–Trinajstić information content (AvgIpc) is 2.92. The van der Waals surface area contributed by atoms with Crippen LogP contribution in [0.25, 0.3) is 0 Å². The molecule has 0 radical (unpaired) electrons. The Bertz CT molecular complexity index is 1210. The molecule has 0 saturated carbocycles. The highest BCUT2D eigenvalue weighted by molar-refractivity contribution is 5.90. The maximum atomic E-state index is 13.3. The van der Waals surface area contributed by atoms with Crippen molar-refractivity contribution in [3.05, 3.63) is 107 Å². The lowest BCUT2D eigenvalue weighted by Crippen LogP contribution is -2.53. The van der Waals surface area contributed by atoms with Crippen LogP contribution in [-0.4, -0.2) is 37.2 Å². The fourth-order valence-electron chi connectivity index (χ4n) is 3.60. The third kappa shape index (κ3) is 7.71. The molecule has 0 heterocycles. The molecule has 0 spiro atoms. The lowest BCUT2D eigenvalue weighted by molar-refractivity contribution is -0.145. The van der Waals surface area contributed by atoms with E-state index in [9.17, 15) is 19.6 Å². The normalized spacial score (nSPS) is 11.9. The Morgan fingerprint density at radius 2 is 1.42 bits per heavy atom. The van der Waals surface area contributed by atoms with Crippen molar-refractivity contribution >= 4 is 18.0 Å². The van der Waals surface area contributed by atoms with Crippen molar-refractivity contribution in [3.63, 3.8) is 0 Å². The summed E-state index contributed by atoms with van der Waals surface area (Å²) in [5.74, 6) is -1.25. The number of methoxy groups -OCH3 is 1. The molecular weight excluding hydrogens is 458 g/mol. The molecule has 0 fully saturated rings. The molecule has 0 aliphatic rings. The van der Waals surface area contributed by atoms with Crippen molar-refractivity contribution in [2.24, 2.45) is 0 Å². The molecular formula is C28H27N3O5. The Kier molecular flexibility index (Phi) is 9.60. The van der Waals surface area contributed by atoms with E-state index in [4.69, 9.17) is 9.47 Å². The van der Waals surface area contributed by atoms with Gasteiger partial charge in [0.05, 0.1) is 18.7 Å². The number of carbonyl (C=O) groups excluding carboxylic acids is 3. The number of benzene rings is 3. The first-order valence-corrected chi connectivity index (χ1v) is 11.4. The molecule has 3 aromatic rings. The van der Waals surface area contributed by atoms with Crippen molar-refractivity contribution in [2.45, 2.75) is 31.5 Å². The van der Waals surface area contributed by atoms with E-state index in [1.165, 1.54) is 7.11 Å². The van der Waals surface area contributed by atoms with Crippen LogP contribution < -0.4 is 10.6 Å². The number of hydrogen-bond acceptors (Lipinski definition) is 6. The number of rotatable bonds is 10. The molecule has 2 atom stereocenters. The summed E-state index contributed by atoms with van der Waals surface area (Å²) in [6.07, 6.45) is -0.534. The van der Waals surface area contributed by atoms with Crippen LogP contribution in [0.2, 0.25) is 0 Å². The van der Waals surface area contributed by atoms with Gasteiger partial charge in [0.25, 0.3) is 0 Å². The highest BCUT2D eigenvalue weighted by atomic mass is 16.5. The van der Waals surface area contributed by atoms with E-state index in [1.54, 1.807) is 24.3 Å². The molecule has 8 nitrogen and oxygen atoms in total. The largest absolute Gasteiger partial charge is 0.467 e. The van der Waals surface area contributed by atoms with Crippen molar-refractivity contribution in [3.8, 4) is 6.07 Å². The van der Waals surface area contributed by atoms with Crippen molar-refractivity contribution < 1.29 is 23.9 Å². The van der Waals surface area contributed by atoms with Gasteiger partial charge in [0.2, 0.25) is 5.91 Å². The lowest BCUT2D eigenvalue weighted by atomic mass is 10.00. The van der Waals surface area contributed by atoms with E-state index in [0.717, 1.165) is 11.1 Å². The van der Waals surface area contributed by atoms with Gasteiger partial charge < -0.3 is 20.1 Å². The zero-order valence-corrected chi connectivity index (χ0v) is 19.8. The second kappa shape index (κ2) is 13.3. The number of hydrogen-bond donors (Lipinski definition) is 2. The Balaban J connectivity index is 1.74. The summed E-state index contributed by atoms with van der Waals surface area (Å²) in [7, 11) is 1.22. The summed E-state index contributed by atoms with van der Waals surface area (Å²) in [5.41, 5.74) is 2.60. The first kappa shape index (κ1) is 26.0. The molecule has 2 amide bonds. The molecule has 0 aromatic heterocycles. The molecule has 0 saturated heterocycles. The summed E-state index contributed by atoms with van der Waals surface area (Å²) in [6, 6.07) is 25.1. The number of alkyl carbamates (subject to hydrolysis) is 1. The number of esters is 1. The lowest BCUT2D eigenvalue weighted by Gasteiger charge is -2.22. The Morgan fingerprint density at radius 1 is 0.806 bits per heavy atom. The Hall–Kier alpha value is -4.64. The summed E-state index contributed by atoms with van der Waals surface area (Å²) in [6.45, 7) is 0.0437. The van der Waals surface area contributed by atoms with Gasteiger partial charge in [-0.1, -0.05) is 78.9 Å². The monoisotopic (exact) mass is 485 g/mol. The smallest absolute Gasteiger partial charge is 0.408 e. The minimum atomic E-state index is -1.06. The van der Waals surface area contributed by atoms with E-state index in [1.807, 2.05) is 60.7 Å². The van der Waals surface area contributed by atoms with Gasteiger partial charge in [0, 0.05) is 12.8 Å². The summed E-state index contributed by atoms with van der Waals surface area (Å²) in [4.78, 5) is 38.3. The third-order valence-electron chi connectivity index (χ3n) is 5.47. The van der Waals surface area contributed by atoms with E-state index in [-0.39, 0.29) is 19.4 Å². The zero-order valence-electron chi connectivity index (χ0n) is 19.8. The topological polar surface area (TPSA) is 118 Å². The number of nitrogens with one attached hydrogen (secondary N) is 2. The van der Waals surface area contributed by atoms with E-state index in [2.05, 4.69) is 16.7 Å². The van der Waals surface area contributed by atoms with Crippen LogP contribution in [0.4, 0.5) is 4.79 Å². The van der Waals surface area contributed by atoms with Gasteiger partial charge >= 0.3 is 12.1 Å². The first-order valence-electron chi connectivity index (χ1n) is 11.4.